The molecular formula is C20H25N3O2S. The van der Waals surface area contributed by atoms with Gasteiger partial charge in [-0.05, 0) is 37.6 Å². The van der Waals surface area contributed by atoms with E-state index in [-0.39, 0.29) is 5.91 Å². The second-order valence-corrected chi connectivity index (χ2v) is 7.37. The van der Waals surface area contributed by atoms with Crippen LogP contribution in [0.2, 0.25) is 0 Å². The molecule has 138 valence electrons. The summed E-state index contributed by atoms with van der Waals surface area (Å²) < 4.78 is 5.48. The molecule has 2 aromatic rings. The molecule has 2 heterocycles. The van der Waals surface area contributed by atoms with Crippen molar-refractivity contribution in [2.24, 2.45) is 0 Å². The van der Waals surface area contributed by atoms with Gasteiger partial charge in [0, 0.05) is 44.2 Å². The van der Waals surface area contributed by atoms with Crippen molar-refractivity contribution in [1.82, 2.24) is 14.8 Å². The Hall–Kier alpha value is -2.18. The molecule has 1 fully saturated rings. The lowest BCUT2D eigenvalue weighted by molar-refractivity contribution is -0.127. The smallest absolute Gasteiger partial charge is 0.246 e. The highest BCUT2D eigenvalue weighted by molar-refractivity contribution is 7.09. The molecule has 1 aliphatic heterocycles. The third-order valence-electron chi connectivity index (χ3n) is 4.36. The maximum atomic E-state index is 12.3. The highest BCUT2D eigenvalue weighted by Gasteiger charge is 2.19. The van der Waals surface area contributed by atoms with Crippen molar-refractivity contribution in [3.63, 3.8) is 0 Å². The van der Waals surface area contributed by atoms with Crippen LogP contribution in [0.15, 0.2) is 35.7 Å². The normalized spacial score (nSPS) is 15.5. The number of benzene rings is 1. The third-order valence-corrected chi connectivity index (χ3v) is 5.15. The summed E-state index contributed by atoms with van der Waals surface area (Å²) in [5.41, 5.74) is 2.13. The molecular weight excluding hydrogens is 346 g/mol. The fourth-order valence-corrected chi connectivity index (χ4v) is 3.54. The van der Waals surface area contributed by atoms with E-state index in [9.17, 15) is 4.79 Å². The summed E-state index contributed by atoms with van der Waals surface area (Å²) in [4.78, 5) is 21.0. The number of piperazine rings is 1. The number of aryl methyl sites for hydroxylation is 1. The Bertz CT molecular complexity index is 747. The first-order chi connectivity index (χ1) is 12.6. The molecule has 3 rings (SSSR count). The number of aromatic nitrogens is 1. The summed E-state index contributed by atoms with van der Waals surface area (Å²) >= 11 is 1.59. The van der Waals surface area contributed by atoms with E-state index >= 15 is 0 Å². The van der Waals surface area contributed by atoms with Crippen LogP contribution < -0.4 is 4.74 Å². The van der Waals surface area contributed by atoms with Crippen LogP contribution in [-0.2, 0) is 11.3 Å². The minimum atomic E-state index is 0.0661. The molecule has 0 spiro atoms. The van der Waals surface area contributed by atoms with Crippen LogP contribution in [-0.4, -0.2) is 53.5 Å². The molecule has 0 unspecified atom stereocenters. The lowest BCUT2D eigenvalue weighted by Crippen LogP contribution is -2.47. The molecule has 0 bridgehead atoms. The lowest BCUT2D eigenvalue weighted by atomic mass is 10.2. The van der Waals surface area contributed by atoms with E-state index in [0.29, 0.717) is 6.61 Å². The van der Waals surface area contributed by atoms with E-state index in [1.807, 2.05) is 36.3 Å². The van der Waals surface area contributed by atoms with E-state index in [4.69, 9.17) is 4.74 Å². The van der Waals surface area contributed by atoms with Gasteiger partial charge in [-0.1, -0.05) is 12.1 Å². The van der Waals surface area contributed by atoms with Crippen molar-refractivity contribution in [2.45, 2.75) is 20.4 Å². The Balaban J connectivity index is 1.46. The molecule has 5 nitrogen and oxygen atoms in total. The highest BCUT2D eigenvalue weighted by atomic mass is 32.1. The van der Waals surface area contributed by atoms with Crippen LogP contribution in [0.5, 0.6) is 5.75 Å². The molecule has 1 aliphatic rings. The van der Waals surface area contributed by atoms with E-state index < -0.39 is 0 Å². The third kappa shape index (κ3) is 5.16. The molecule has 26 heavy (non-hydrogen) atoms. The van der Waals surface area contributed by atoms with Gasteiger partial charge in [-0.3, -0.25) is 9.69 Å². The second-order valence-electron chi connectivity index (χ2n) is 6.30. The Kier molecular flexibility index (Phi) is 6.41. The van der Waals surface area contributed by atoms with Crippen molar-refractivity contribution >= 4 is 23.3 Å². The monoisotopic (exact) mass is 371 g/mol. The number of nitrogens with zero attached hydrogens (tertiary/aromatic N) is 3. The van der Waals surface area contributed by atoms with Crippen LogP contribution in [0.25, 0.3) is 6.08 Å². The Labute approximate surface area is 158 Å². The van der Waals surface area contributed by atoms with Crippen LogP contribution in [0.1, 0.15) is 23.2 Å². The summed E-state index contributed by atoms with van der Waals surface area (Å²) in [7, 11) is 0. The average molecular weight is 372 g/mol. The fourth-order valence-electron chi connectivity index (χ4n) is 2.96. The van der Waals surface area contributed by atoms with Crippen LogP contribution in [0.4, 0.5) is 0 Å². The van der Waals surface area contributed by atoms with Crippen LogP contribution in [0, 0.1) is 6.92 Å². The van der Waals surface area contributed by atoms with Gasteiger partial charge in [0.1, 0.15) is 5.75 Å². The molecule has 1 amide bonds. The SMILES string of the molecule is CCOc1ccc(CN2CCN(C(=O)/C=C/c3csc(C)n3)CC2)cc1. The molecule has 0 N–H and O–H groups in total. The van der Waals surface area contributed by atoms with E-state index in [0.717, 1.165) is 49.2 Å². The Morgan fingerprint density at radius 1 is 1.23 bits per heavy atom. The highest BCUT2D eigenvalue weighted by Crippen LogP contribution is 2.15. The van der Waals surface area contributed by atoms with Crippen molar-refractivity contribution < 1.29 is 9.53 Å². The van der Waals surface area contributed by atoms with E-state index in [1.165, 1.54) is 5.56 Å². The lowest BCUT2D eigenvalue weighted by Gasteiger charge is -2.34. The summed E-state index contributed by atoms with van der Waals surface area (Å²) in [5.74, 6) is 0.977. The van der Waals surface area contributed by atoms with Gasteiger partial charge in [-0.15, -0.1) is 11.3 Å². The Morgan fingerprint density at radius 2 is 1.96 bits per heavy atom. The van der Waals surface area contributed by atoms with Crippen molar-refractivity contribution in [3.05, 3.63) is 52.0 Å². The quantitative estimate of drug-likeness (QED) is 0.732. The number of ether oxygens (including phenoxy) is 1. The number of amides is 1. The van der Waals surface area contributed by atoms with Gasteiger partial charge < -0.3 is 9.64 Å². The molecule has 6 heteroatoms. The van der Waals surface area contributed by atoms with Gasteiger partial charge >= 0.3 is 0 Å². The molecule has 1 saturated heterocycles. The maximum absolute atomic E-state index is 12.3. The van der Waals surface area contributed by atoms with Crippen molar-refractivity contribution in [1.29, 1.82) is 0 Å². The Morgan fingerprint density at radius 3 is 2.58 bits per heavy atom. The number of rotatable bonds is 6. The van der Waals surface area contributed by atoms with Gasteiger partial charge in [0.05, 0.1) is 17.3 Å². The molecule has 0 radical (unpaired) electrons. The largest absolute Gasteiger partial charge is 0.494 e. The number of hydrogen-bond donors (Lipinski definition) is 0. The fraction of sp³-hybridized carbons (Fsp3) is 0.400. The molecule has 1 aromatic heterocycles. The summed E-state index contributed by atoms with van der Waals surface area (Å²) in [6.45, 7) is 8.85. The zero-order chi connectivity index (χ0) is 18.4. The summed E-state index contributed by atoms with van der Waals surface area (Å²) in [6.07, 6.45) is 3.44. The van der Waals surface area contributed by atoms with Crippen molar-refractivity contribution in [3.8, 4) is 5.75 Å². The standard InChI is InChI=1S/C20H25N3O2S/c1-3-25-19-7-4-17(5-8-19)14-22-10-12-23(13-11-22)20(24)9-6-18-15-26-16(2)21-18/h4-9,15H,3,10-14H2,1-2H3/b9-6+. The first-order valence-corrected chi connectivity index (χ1v) is 9.85. The predicted octanol–water partition coefficient (Wildman–Crippen LogP) is 3.21. The van der Waals surface area contributed by atoms with Gasteiger partial charge in [-0.25, -0.2) is 4.98 Å². The summed E-state index contributed by atoms with van der Waals surface area (Å²) in [6, 6.07) is 8.26. The summed E-state index contributed by atoms with van der Waals surface area (Å²) in [5, 5.41) is 2.98. The van der Waals surface area contributed by atoms with E-state index in [1.54, 1.807) is 23.5 Å². The zero-order valence-corrected chi connectivity index (χ0v) is 16.2. The van der Waals surface area contributed by atoms with E-state index in [2.05, 4.69) is 22.0 Å². The molecule has 0 aliphatic carbocycles. The number of carbonyl (C=O) groups is 1. The average Bonchev–Trinajstić information content (AvgIpc) is 3.07. The van der Waals surface area contributed by atoms with Crippen LogP contribution >= 0.6 is 11.3 Å². The van der Waals surface area contributed by atoms with Gasteiger partial charge in [-0.2, -0.15) is 0 Å². The minimum absolute atomic E-state index is 0.0661. The van der Waals surface area contributed by atoms with Gasteiger partial charge in [0.25, 0.3) is 0 Å². The number of carbonyl (C=O) groups excluding carboxylic acids is 1. The molecule has 0 saturated carbocycles. The zero-order valence-electron chi connectivity index (χ0n) is 15.4. The molecule has 0 atom stereocenters. The topological polar surface area (TPSA) is 45.7 Å². The van der Waals surface area contributed by atoms with Crippen molar-refractivity contribution in [2.75, 3.05) is 32.8 Å². The first kappa shape index (κ1) is 18.6. The molecule has 1 aromatic carbocycles. The first-order valence-electron chi connectivity index (χ1n) is 8.97. The number of thiazole rings is 1. The number of hydrogen-bond acceptors (Lipinski definition) is 5. The van der Waals surface area contributed by atoms with Gasteiger partial charge in [0.2, 0.25) is 5.91 Å². The second kappa shape index (κ2) is 8.96. The predicted molar refractivity (Wildman–Crippen MR) is 105 cm³/mol. The van der Waals surface area contributed by atoms with Gasteiger partial charge in [0.15, 0.2) is 0 Å². The maximum Gasteiger partial charge on any atom is 0.246 e. The minimum Gasteiger partial charge on any atom is -0.494 e. The van der Waals surface area contributed by atoms with Crippen LogP contribution in [0.3, 0.4) is 0 Å².